The Labute approximate surface area is 102 Å². The zero-order valence-corrected chi connectivity index (χ0v) is 10.3. The highest BCUT2D eigenvalue weighted by Gasteiger charge is 2.27. The van der Waals surface area contributed by atoms with E-state index in [9.17, 15) is 4.79 Å². The van der Waals surface area contributed by atoms with Crippen LogP contribution in [0.5, 0.6) is 5.75 Å². The highest BCUT2D eigenvalue weighted by molar-refractivity contribution is 5.95. The molecule has 0 aliphatic carbocycles. The first kappa shape index (κ1) is 11.9. The fraction of sp³-hybridized carbons (Fsp3) is 0.462. The third-order valence-electron chi connectivity index (χ3n) is 3.16. The molecule has 0 aromatic heterocycles. The summed E-state index contributed by atoms with van der Waals surface area (Å²) in [5, 5.41) is 2.93. The molecule has 0 bridgehead atoms. The summed E-state index contributed by atoms with van der Waals surface area (Å²) in [4.78, 5) is 14.1. The lowest BCUT2D eigenvalue weighted by atomic mass is 10.2. The van der Waals surface area contributed by atoms with Gasteiger partial charge >= 0.3 is 0 Å². The number of hydrogen-bond acceptors (Lipinski definition) is 3. The number of carbonyl (C=O) groups is 1. The van der Waals surface area contributed by atoms with Crippen LogP contribution in [0.25, 0.3) is 0 Å². The Morgan fingerprint density at radius 3 is 3.00 bits per heavy atom. The molecule has 4 nitrogen and oxygen atoms in total. The second kappa shape index (κ2) is 5.19. The molecule has 1 N–H and O–H groups in total. The standard InChI is InChI=1S/C13H18N2O2/c1-15-8-4-7-12(15)13(16)14-10-5-3-6-11(9-10)17-2/h3,5-6,9,12H,4,7-8H2,1-2H3,(H,14,16). The number of ether oxygens (including phenoxy) is 1. The number of likely N-dealkylation sites (tertiary alicyclic amines) is 1. The van der Waals surface area contributed by atoms with Gasteiger partial charge in [-0.2, -0.15) is 0 Å². The predicted molar refractivity (Wildman–Crippen MR) is 67.3 cm³/mol. The number of nitrogens with one attached hydrogen (secondary N) is 1. The summed E-state index contributed by atoms with van der Waals surface area (Å²) >= 11 is 0. The van der Waals surface area contributed by atoms with Crippen molar-refractivity contribution in [2.75, 3.05) is 26.0 Å². The highest BCUT2D eigenvalue weighted by atomic mass is 16.5. The zero-order chi connectivity index (χ0) is 12.3. The van der Waals surface area contributed by atoms with Gasteiger partial charge in [-0.3, -0.25) is 9.69 Å². The molecule has 0 saturated carbocycles. The summed E-state index contributed by atoms with van der Waals surface area (Å²) in [5.74, 6) is 0.820. The molecule has 1 unspecified atom stereocenters. The van der Waals surface area contributed by atoms with Gasteiger partial charge in [-0.1, -0.05) is 6.07 Å². The van der Waals surface area contributed by atoms with E-state index in [-0.39, 0.29) is 11.9 Å². The number of anilines is 1. The van der Waals surface area contributed by atoms with Gasteiger partial charge in [-0.25, -0.2) is 0 Å². The van der Waals surface area contributed by atoms with Crippen LogP contribution in [0.1, 0.15) is 12.8 Å². The number of benzene rings is 1. The maximum Gasteiger partial charge on any atom is 0.241 e. The van der Waals surface area contributed by atoms with E-state index in [1.165, 1.54) is 0 Å². The van der Waals surface area contributed by atoms with Crippen LogP contribution in [0.2, 0.25) is 0 Å². The third kappa shape index (κ3) is 2.77. The monoisotopic (exact) mass is 234 g/mol. The first-order valence-corrected chi connectivity index (χ1v) is 5.86. The zero-order valence-electron chi connectivity index (χ0n) is 10.3. The van der Waals surface area contributed by atoms with E-state index >= 15 is 0 Å². The molecular weight excluding hydrogens is 216 g/mol. The van der Waals surface area contributed by atoms with Crippen molar-refractivity contribution >= 4 is 11.6 Å². The normalized spacial score (nSPS) is 20.2. The largest absolute Gasteiger partial charge is 0.497 e. The van der Waals surface area contributed by atoms with Crippen LogP contribution in [0.15, 0.2) is 24.3 Å². The van der Waals surface area contributed by atoms with Crippen LogP contribution in [0, 0.1) is 0 Å². The summed E-state index contributed by atoms with van der Waals surface area (Å²) in [6.45, 7) is 0.996. The van der Waals surface area contributed by atoms with Crippen LogP contribution in [-0.4, -0.2) is 37.6 Å². The molecule has 1 fully saturated rings. The van der Waals surface area contributed by atoms with Crippen LogP contribution >= 0.6 is 0 Å². The first-order valence-electron chi connectivity index (χ1n) is 5.86. The summed E-state index contributed by atoms with van der Waals surface area (Å²) in [6.07, 6.45) is 2.03. The van der Waals surface area contributed by atoms with Gasteiger partial charge in [-0.15, -0.1) is 0 Å². The van der Waals surface area contributed by atoms with E-state index in [0.717, 1.165) is 30.8 Å². The molecule has 1 amide bonds. The molecule has 4 heteroatoms. The van der Waals surface area contributed by atoms with Crippen molar-refractivity contribution in [3.8, 4) is 5.75 Å². The number of likely N-dealkylation sites (N-methyl/N-ethyl adjacent to an activating group) is 1. The Bertz CT molecular complexity index is 406. The number of nitrogens with zero attached hydrogens (tertiary/aromatic N) is 1. The second-order valence-electron chi connectivity index (χ2n) is 4.36. The maximum absolute atomic E-state index is 12.0. The number of amides is 1. The van der Waals surface area contributed by atoms with Gasteiger partial charge in [0.2, 0.25) is 5.91 Å². The number of rotatable bonds is 3. The Kier molecular flexibility index (Phi) is 3.64. The minimum atomic E-state index is 0.00111. The van der Waals surface area contributed by atoms with Crippen molar-refractivity contribution in [2.45, 2.75) is 18.9 Å². The minimum Gasteiger partial charge on any atom is -0.497 e. The molecule has 2 rings (SSSR count). The van der Waals surface area contributed by atoms with Crippen molar-refractivity contribution in [3.63, 3.8) is 0 Å². The SMILES string of the molecule is COc1cccc(NC(=O)C2CCCN2C)c1. The average molecular weight is 234 g/mol. The van der Waals surface area contributed by atoms with Gasteiger partial charge in [0.15, 0.2) is 0 Å². The lowest BCUT2D eigenvalue weighted by Crippen LogP contribution is -2.37. The lowest BCUT2D eigenvalue weighted by Gasteiger charge is -2.18. The minimum absolute atomic E-state index is 0.00111. The Hall–Kier alpha value is -1.55. The fourth-order valence-electron chi connectivity index (χ4n) is 2.17. The van der Waals surface area contributed by atoms with Crippen LogP contribution in [0.3, 0.4) is 0 Å². The van der Waals surface area contributed by atoms with Crippen molar-refractivity contribution < 1.29 is 9.53 Å². The van der Waals surface area contributed by atoms with E-state index in [4.69, 9.17) is 4.74 Å². The molecule has 1 aliphatic rings. The molecule has 92 valence electrons. The second-order valence-corrected chi connectivity index (χ2v) is 4.36. The lowest BCUT2D eigenvalue weighted by molar-refractivity contribution is -0.119. The van der Waals surface area contributed by atoms with Gasteiger partial charge < -0.3 is 10.1 Å². The van der Waals surface area contributed by atoms with E-state index in [2.05, 4.69) is 10.2 Å². The molecule has 17 heavy (non-hydrogen) atoms. The third-order valence-corrected chi connectivity index (χ3v) is 3.16. The molecule has 1 aromatic rings. The quantitative estimate of drug-likeness (QED) is 0.866. The van der Waals surface area contributed by atoms with Gasteiger partial charge in [-0.05, 0) is 38.6 Å². The number of carbonyl (C=O) groups excluding carboxylic acids is 1. The van der Waals surface area contributed by atoms with Crippen LogP contribution in [-0.2, 0) is 4.79 Å². The van der Waals surface area contributed by atoms with E-state index < -0.39 is 0 Å². The molecule has 1 heterocycles. The summed E-state index contributed by atoms with van der Waals surface area (Å²) in [7, 11) is 3.61. The molecular formula is C13H18N2O2. The van der Waals surface area contributed by atoms with E-state index in [1.807, 2.05) is 31.3 Å². The van der Waals surface area contributed by atoms with Crippen molar-refractivity contribution in [1.82, 2.24) is 4.90 Å². The smallest absolute Gasteiger partial charge is 0.241 e. The first-order chi connectivity index (χ1) is 8.20. The summed E-state index contributed by atoms with van der Waals surface area (Å²) in [6, 6.07) is 7.42. The molecule has 0 spiro atoms. The maximum atomic E-state index is 12.0. The average Bonchev–Trinajstić information content (AvgIpc) is 2.76. The van der Waals surface area contributed by atoms with E-state index in [1.54, 1.807) is 7.11 Å². The summed E-state index contributed by atoms with van der Waals surface area (Å²) < 4.78 is 5.12. The van der Waals surface area contributed by atoms with E-state index in [0.29, 0.717) is 0 Å². The Morgan fingerprint density at radius 1 is 1.53 bits per heavy atom. The number of methoxy groups -OCH3 is 1. The number of hydrogen-bond donors (Lipinski definition) is 1. The molecule has 1 aliphatic heterocycles. The predicted octanol–water partition coefficient (Wildman–Crippen LogP) is 1.73. The topological polar surface area (TPSA) is 41.6 Å². The van der Waals surface area contributed by atoms with Gasteiger partial charge in [0.25, 0.3) is 0 Å². The Balaban J connectivity index is 2.02. The molecule has 1 saturated heterocycles. The van der Waals surface area contributed by atoms with Crippen molar-refractivity contribution in [1.29, 1.82) is 0 Å². The molecule has 0 radical (unpaired) electrons. The molecule has 1 aromatic carbocycles. The van der Waals surface area contributed by atoms with Gasteiger partial charge in [0, 0.05) is 11.8 Å². The van der Waals surface area contributed by atoms with Crippen molar-refractivity contribution in [3.05, 3.63) is 24.3 Å². The van der Waals surface area contributed by atoms with Crippen molar-refractivity contribution in [2.24, 2.45) is 0 Å². The molecule has 1 atom stereocenters. The van der Waals surface area contributed by atoms with Crippen LogP contribution in [0.4, 0.5) is 5.69 Å². The summed E-state index contributed by atoms with van der Waals surface area (Å²) in [5.41, 5.74) is 0.787. The van der Waals surface area contributed by atoms with Crippen LogP contribution < -0.4 is 10.1 Å². The van der Waals surface area contributed by atoms with Gasteiger partial charge in [0.1, 0.15) is 5.75 Å². The fourth-order valence-corrected chi connectivity index (χ4v) is 2.17. The highest BCUT2D eigenvalue weighted by Crippen LogP contribution is 2.20. The Morgan fingerprint density at radius 2 is 2.35 bits per heavy atom. The van der Waals surface area contributed by atoms with Gasteiger partial charge in [0.05, 0.1) is 13.2 Å².